The van der Waals surface area contributed by atoms with E-state index < -0.39 is 0 Å². The number of amides is 1. The molecule has 2 heterocycles. The van der Waals surface area contributed by atoms with Crippen LogP contribution < -0.4 is 5.56 Å². The predicted molar refractivity (Wildman–Crippen MR) is 102 cm³/mol. The van der Waals surface area contributed by atoms with Crippen molar-refractivity contribution in [2.45, 2.75) is 51.4 Å². The van der Waals surface area contributed by atoms with Crippen molar-refractivity contribution in [1.82, 2.24) is 14.9 Å². The molecule has 1 amide bonds. The smallest absolute Gasteiger partial charge is 0.266 e. The first-order chi connectivity index (χ1) is 12.7. The van der Waals surface area contributed by atoms with Crippen LogP contribution in [0.2, 0.25) is 0 Å². The van der Waals surface area contributed by atoms with Crippen LogP contribution in [0.1, 0.15) is 61.7 Å². The lowest BCUT2D eigenvalue weighted by Crippen LogP contribution is -2.39. The molecule has 2 aliphatic rings. The zero-order valence-corrected chi connectivity index (χ0v) is 15.2. The van der Waals surface area contributed by atoms with E-state index in [0.29, 0.717) is 16.6 Å². The van der Waals surface area contributed by atoms with Crippen LogP contribution in [0.4, 0.5) is 0 Å². The van der Waals surface area contributed by atoms with Crippen molar-refractivity contribution in [1.29, 1.82) is 0 Å². The quantitative estimate of drug-likeness (QED) is 0.914. The maximum atomic E-state index is 12.8. The van der Waals surface area contributed by atoms with Crippen LogP contribution in [0.5, 0.6) is 0 Å². The summed E-state index contributed by atoms with van der Waals surface area (Å²) in [4.78, 5) is 33.1. The van der Waals surface area contributed by atoms with Gasteiger partial charge in [-0.15, -0.1) is 0 Å². The first-order valence-electron chi connectivity index (χ1n) is 9.97. The van der Waals surface area contributed by atoms with Crippen LogP contribution >= 0.6 is 0 Å². The van der Waals surface area contributed by atoms with Gasteiger partial charge in [-0.1, -0.05) is 32.1 Å². The number of H-pyrrole nitrogens is 1. The molecular weight excluding hydrogens is 326 g/mol. The Bertz CT molecular complexity index is 831. The van der Waals surface area contributed by atoms with Gasteiger partial charge in [0.1, 0.15) is 0 Å². The van der Waals surface area contributed by atoms with Crippen molar-refractivity contribution in [2.24, 2.45) is 11.8 Å². The van der Waals surface area contributed by atoms with E-state index in [9.17, 15) is 9.59 Å². The molecule has 0 radical (unpaired) electrons. The second-order valence-electron chi connectivity index (χ2n) is 7.95. The Hall–Kier alpha value is -2.17. The minimum atomic E-state index is -0.245. The summed E-state index contributed by atoms with van der Waals surface area (Å²) in [5, 5.41) is 0. The molecule has 0 bridgehead atoms. The zero-order chi connectivity index (χ0) is 17.9. The minimum absolute atomic E-state index is 0.0627. The van der Waals surface area contributed by atoms with E-state index in [-0.39, 0.29) is 11.5 Å². The number of hydrogen-bond donors (Lipinski definition) is 1. The standard InChI is InChI=1S/C21H27N3O2/c25-20-14-22-18-7-6-17(13-19(18)23-20)21(26)24-10-8-16(9-11-24)12-15-4-2-1-3-5-15/h6-7,13-16H,1-5,8-12H2,(H,23,25). The third kappa shape index (κ3) is 3.81. The third-order valence-corrected chi connectivity index (χ3v) is 6.12. The number of carbonyl (C=O) groups excluding carboxylic acids is 1. The van der Waals surface area contributed by atoms with E-state index >= 15 is 0 Å². The number of rotatable bonds is 3. The van der Waals surface area contributed by atoms with Crippen LogP contribution in [0.15, 0.2) is 29.2 Å². The molecule has 0 atom stereocenters. The summed E-state index contributed by atoms with van der Waals surface area (Å²) in [5.74, 6) is 1.76. The molecule has 138 valence electrons. The lowest BCUT2D eigenvalue weighted by molar-refractivity contribution is 0.0675. The van der Waals surface area contributed by atoms with Gasteiger partial charge < -0.3 is 9.88 Å². The van der Waals surface area contributed by atoms with Gasteiger partial charge in [0.05, 0.1) is 17.2 Å². The van der Waals surface area contributed by atoms with E-state index in [1.807, 2.05) is 11.0 Å². The van der Waals surface area contributed by atoms with Crippen LogP contribution in [-0.2, 0) is 0 Å². The SMILES string of the molecule is O=C(c1ccc2ncc(=O)[nH]c2c1)N1CCC(CC2CCCCC2)CC1. The van der Waals surface area contributed by atoms with Crippen LogP contribution in [0, 0.1) is 11.8 Å². The molecule has 1 N–H and O–H groups in total. The number of piperidine rings is 1. The Morgan fingerprint density at radius 2 is 1.81 bits per heavy atom. The molecule has 0 spiro atoms. The van der Waals surface area contributed by atoms with Crippen molar-refractivity contribution in [2.75, 3.05) is 13.1 Å². The Kier molecular flexibility index (Phi) is 5.05. The summed E-state index contributed by atoms with van der Waals surface area (Å²) in [5.41, 5.74) is 1.71. The maximum absolute atomic E-state index is 12.8. The van der Waals surface area contributed by atoms with E-state index in [0.717, 1.165) is 37.8 Å². The number of nitrogens with one attached hydrogen (secondary N) is 1. The first kappa shape index (κ1) is 17.3. The summed E-state index contributed by atoms with van der Waals surface area (Å²) < 4.78 is 0. The van der Waals surface area contributed by atoms with Gasteiger partial charge in [-0.3, -0.25) is 9.59 Å². The number of benzene rings is 1. The van der Waals surface area contributed by atoms with E-state index in [1.54, 1.807) is 12.1 Å². The number of aromatic amines is 1. The number of fused-ring (bicyclic) bond motifs is 1. The number of carbonyl (C=O) groups is 1. The monoisotopic (exact) mass is 353 g/mol. The van der Waals surface area contributed by atoms with Crippen molar-refractivity contribution >= 4 is 16.9 Å². The second-order valence-corrected chi connectivity index (χ2v) is 7.95. The summed E-state index contributed by atoms with van der Waals surface area (Å²) >= 11 is 0. The highest BCUT2D eigenvalue weighted by Gasteiger charge is 2.26. The lowest BCUT2D eigenvalue weighted by atomic mass is 9.80. The molecule has 0 unspecified atom stereocenters. The number of aromatic nitrogens is 2. The fourth-order valence-corrected chi connectivity index (χ4v) is 4.62. The zero-order valence-electron chi connectivity index (χ0n) is 15.2. The topological polar surface area (TPSA) is 66.1 Å². The highest BCUT2D eigenvalue weighted by atomic mass is 16.2. The van der Waals surface area contributed by atoms with Gasteiger partial charge in [0.25, 0.3) is 11.5 Å². The maximum Gasteiger partial charge on any atom is 0.266 e. The molecule has 1 aromatic carbocycles. The second kappa shape index (κ2) is 7.60. The van der Waals surface area contributed by atoms with Gasteiger partial charge in [0.2, 0.25) is 0 Å². The van der Waals surface area contributed by atoms with E-state index in [1.165, 1.54) is 44.7 Å². The summed E-state index contributed by atoms with van der Waals surface area (Å²) in [7, 11) is 0. The molecule has 26 heavy (non-hydrogen) atoms. The Morgan fingerprint density at radius 1 is 1.08 bits per heavy atom. The highest BCUT2D eigenvalue weighted by molar-refractivity contribution is 5.97. The Labute approximate surface area is 153 Å². The largest absolute Gasteiger partial charge is 0.339 e. The van der Waals surface area contributed by atoms with Crippen molar-refractivity contribution in [3.8, 4) is 0 Å². The first-order valence-corrected chi connectivity index (χ1v) is 9.97. The normalized spacial score (nSPS) is 19.8. The molecule has 1 aromatic heterocycles. The minimum Gasteiger partial charge on any atom is -0.339 e. The Balaban J connectivity index is 1.38. The van der Waals surface area contributed by atoms with Crippen molar-refractivity contribution in [3.05, 3.63) is 40.3 Å². The number of nitrogens with zero attached hydrogens (tertiary/aromatic N) is 2. The molecule has 4 rings (SSSR count). The van der Waals surface area contributed by atoms with E-state index in [4.69, 9.17) is 0 Å². The average Bonchev–Trinajstić information content (AvgIpc) is 2.68. The molecule has 2 fully saturated rings. The van der Waals surface area contributed by atoms with Gasteiger partial charge in [0.15, 0.2) is 0 Å². The van der Waals surface area contributed by atoms with Crippen molar-refractivity contribution in [3.63, 3.8) is 0 Å². The van der Waals surface area contributed by atoms with Crippen LogP contribution in [-0.4, -0.2) is 33.9 Å². The molecule has 1 aliphatic heterocycles. The van der Waals surface area contributed by atoms with Gasteiger partial charge in [0, 0.05) is 18.7 Å². The van der Waals surface area contributed by atoms with E-state index in [2.05, 4.69) is 9.97 Å². The molecule has 1 saturated carbocycles. The highest BCUT2D eigenvalue weighted by Crippen LogP contribution is 2.33. The van der Waals surface area contributed by atoms with Gasteiger partial charge >= 0.3 is 0 Å². The predicted octanol–water partition coefficient (Wildman–Crippen LogP) is 3.75. The fourth-order valence-electron chi connectivity index (χ4n) is 4.62. The number of hydrogen-bond acceptors (Lipinski definition) is 3. The summed E-state index contributed by atoms with van der Waals surface area (Å²) in [6.07, 6.45) is 11.9. The number of likely N-dealkylation sites (tertiary alicyclic amines) is 1. The van der Waals surface area contributed by atoms with Gasteiger partial charge in [-0.05, 0) is 49.3 Å². The molecule has 2 aromatic rings. The Morgan fingerprint density at radius 3 is 2.58 bits per heavy atom. The third-order valence-electron chi connectivity index (χ3n) is 6.12. The molecule has 5 heteroatoms. The molecule has 1 saturated heterocycles. The van der Waals surface area contributed by atoms with Crippen LogP contribution in [0.25, 0.3) is 11.0 Å². The summed E-state index contributed by atoms with van der Waals surface area (Å²) in [6, 6.07) is 5.36. The summed E-state index contributed by atoms with van der Waals surface area (Å²) in [6.45, 7) is 1.69. The van der Waals surface area contributed by atoms with Crippen molar-refractivity contribution < 1.29 is 4.79 Å². The molecular formula is C21H27N3O2. The van der Waals surface area contributed by atoms with Gasteiger partial charge in [-0.25, -0.2) is 4.98 Å². The van der Waals surface area contributed by atoms with Gasteiger partial charge in [-0.2, -0.15) is 0 Å². The average molecular weight is 353 g/mol. The molecule has 5 nitrogen and oxygen atoms in total. The fraction of sp³-hybridized carbons (Fsp3) is 0.571. The van der Waals surface area contributed by atoms with Crippen LogP contribution in [0.3, 0.4) is 0 Å². The lowest BCUT2D eigenvalue weighted by Gasteiger charge is -2.34. The molecule has 1 aliphatic carbocycles.